The minimum atomic E-state index is -0.494. The van der Waals surface area contributed by atoms with E-state index in [2.05, 4.69) is 15.5 Å². The average molecular weight is 499 g/mol. The van der Waals surface area contributed by atoms with Crippen LogP contribution in [-0.2, 0) is 13.1 Å². The van der Waals surface area contributed by atoms with Crippen molar-refractivity contribution in [2.45, 2.75) is 26.9 Å². The Labute approximate surface area is 205 Å². The second-order valence-corrected chi connectivity index (χ2v) is 8.52. The molecule has 0 saturated heterocycles. The lowest BCUT2D eigenvalue weighted by Gasteiger charge is -2.10. The van der Waals surface area contributed by atoms with Crippen LogP contribution in [0.4, 0.5) is 11.4 Å². The molecule has 2 aromatic carbocycles. The average Bonchev–Trinajstić information content (AvgIpc) is 3.37. The lowest BCUT2D eigenvalue weighted by Crippen LogP contribution is -2.13. The molecule has 1 N–H and O–H groups in total. The number of carbonyl (C=O) groups excluding carboxylic acids is 1. The SMILES string of the molecule is Cc1nn(Cc2c(Cl)cccc2Cl)c(C)c1NC(=O)c1ccc(Cn2cc([N+](=O)[O-])cn2)cc1. The summed E-state index contributed by atoms with van der Waals surface area (Å²) in [5, 5.41) is 23.3. The first-order chi connectivity index (χ1) is 16.2. The Morgan fingerprint density at radius 2 is 1.76 bits per heavy atom. The number of nitrogens with one attached hydrogen (secondary N) is 1. The minimum absolute atomic E-state index is 0.0703. The van der Waals surface area contributed by atoms with Gasteiger partial charge in [0.15, 0.2) is 0 Å². The van der Waals surface area contributed by atoms with Crippen molar-refractivity contribution in [1.29, 1.82) is 0 Å². The van der Waals surface area contributed by atoms with Gasteiger partial charge in [0.25, 0.3) is 5.91 Å². The van der Waals surface area contributed by atoms with E-state index >= 15 is 0 Å². The van der Waals surface area contributed by atoms with Gasteiger partial charge in [-0.15, -0.1) is 0 Å². The second-order valence-electron chi connectivity index (χ2n) is 7.71. The molecule has 0 atom stereocenters. The molecule has 174 valence electrons. The topological polar surface area (TPSA) is 108 Å². The minimum Gasteiger partial charge on any atom is -0.319 e. The Bertz CT molecular complexity index is 1360. The maximum Gasteiger partial charge on any atom is 0.307 e. The molecule has 0 aliphatic heterocycles. The number of benzene rings is 2. The second kappa shape index (κ2) is 9.66. The molecule has 0 unspecified atom stereocenters. The Morgan fingerprint density at radius 1 is 1.09 bits per heavy atom. The molecule has 34 heavy (non-hydrogen) atoms. The molecule has 0 saturated carbocycles. The van der Waals surface area contributed by atoms with Crippen LogP contribution in [0.25, 0.3) is 0 Å². The van der Waals surface area contributed by atoms with Crippen LogP contribution in [0, 0.1) is 24.0 Å². The molecule has 2 heterocycles. The van der Waals surface area contributed by atoms with E-state index < -0.39 is 4.92 Å². The van der Waals surface area contributed by atoms with Gasteiger partial charge in [0, 0.05) is 21.2 Å². The zero-order chi connectivity index (χ0) is 24.4. The van der Waals surface area contributed by atoms with Gasteiger partial charge in [-0.1, -0.05) is 41.4 Å². The van der Waals surface area contributed by atoms with E-state index in [0.717, 1.165) is 16.8 Å². The molecule has 4 aromatic rings. The van der Waals surface area contributed by atoms with Gasteiger partial charge in [-0.3, -0.25) is 24.3 Å². The highest BCUT2D eigenvalue weighted by Crippen LogP contribution is 2.27. The highest BCUT2D eigenvalue weighted by Gasteiger charge is 2.17. The molecule has 0 bridgehead atoms. The van der Waals surface area contributed by atoms with Gasteiger partial charge >= 0.3 is 5.69 Å². The fourth-order valence-corrected chi connectivity index (χ4v) is 4.05. The number of anilines is 1. The van der Waals surface area contributed by atoms with Crippen molar-refractivity contribution in [2.24, 2.45) is 0 Å². The van der Waals surface area contributed by atoms with Crippen molar-refractivity contribution < 1.29 is 9.72 Å². The quantitative estimate of drug-likeness (QED) is 0.276. The van der Waals surface area contributed by atoms with E-state index in [4.69, 9.17) is 23.2 Å². The van der Waals surface area contributed by atoms with Crippen LogP contribution < -0.4 is 5.32 Å². The molecular formula is C23H20Cl2N6O3. The van der Waals surface area contributed by atoms with E-state index in [0.29, 0.717) is 40.1 Å². The van der Waals surface area contributed by atoms with Crippen LogP contribution in [0.3, 0.4) is 0 Å². The van der Waals surface area contributed by atoms with Crippen molar-refractivity contribution in [3.63, 3.8) is 0 Å². The fraction of sp³-hybridized carbons (Fsp3) is 0.174. The van der Waals surface area contributed by atoms with Gasteiger partial charge in [-0.2, -0.15) is 10.2 Å². The Morgan fingerprint density at radius 3 is 2.38 bits per heavy atom. The van der Waals surface area contributed by atoms with E-state index in [-0.39, 0.29) is 11.6 Å². The lowest BCUT2D eigenvalue weighted by atomic mass is 10.1. The van der Waals surface area contributed by atoms with Crippen LogP contribution in [-0.4, -0.2) is 30.4 Å². The van der Waals surface area contributed by atoms with Crippen LogP contribution in [0.2, 0.25) is 10.0 Å². The van der Waals surface area contributed by atoms with Gasteiger partial charge in [0.2, 0.25) is 0 Å². The van der Waals surface area contributed by atoms with Crippen LogP contribution in [0.5, 0.6) is 0 Å². The number of halogens is 2. The predicted octanol–water partition coefficient (Wildman–Crippen LogP) is 5.26. The van der Waals surface area contributed by atoms with Gasteiger partial charge in [0.1, 0.15) is 12.4 Å². The monoisotopic (exact) mass is 498 g/mol. The number of hydrogen-bond donors (Lipinski definition) is 1. The normalized spacial score (nSPS) is 10.9. The third kappa shape index (κ3) is 4.95. The van der Waals surface area contributed by atoms with Crippen molar-refractivity contribution in [3.8, 4) is 0 Å². The van der Waals surface area contributed by atoms with Gasteiger partial charge < -0.3 is 5.32 Å². The molecule has 9 nitrogen and oxygen atoms in total. The summed E-state index contributed by atoms with van der Waals surface area (Å²) in [4.78, 5) is 23.2. The van der Waals surface area contributed by atoms with Gasteiger partial charge in [0.05, 0.1) is 35.1 Å². The highest BCUT2D eigenvalue weighted by atomic mass is 35.5. The first-order valence-electron chi connectivity index (χ1n) is 10.3. The van der Waals surface area contributed by atoms with E-state index in [1.165, 1.54) is 17.1 Å². The summed E-state index contributed by atoms with van der Waals surface area (Å²) in [6.07, 6.45) is 2.56. The van der Waals surface area contributed by atoms with Gasteiger partial charge in [-0.05, 0) is 43.7 Å². The zero-order valence-corrected chi connectivity index (χ0v) is 19.8. The molecule has 0 aliphatic rings. The summed E-state index contributed by atoms with van der Waals surface area (Å²) < 4.78 is 3.23. The standard InChI is InChI=1S/C23H20Cl2N6O3/c1-14-22(15(2)30(28-14)13-19-20(24)4-3-5-21(19)25)27-23(32)17-8-6-16(7-9-17)11-29-12-18(10-26-29)31(33)34/h3-10,12H,11,13H2,1-2H3,(H,27,32). The number of rotatable bonds is 7. The maximum absolute atomic E-state index is 12.9. The largest absolute Gasteiger partial charge is 0.319 e. The lowest BCUT2D eigenvalue weighted by molar-refractivity contribution is -0.385. The molecule has 0 aliphatic carbocycles. The van der Waals surface area contributed by atoms with Crippen LogP contribution in [0.1, 0.15) is 32.9 Å². The first kappa shape index (κ1) is 23.5. The van der Waals surface area contributed by atoms with E-state index in [9.17, 15) is 14.9 Å². The number of amides is 1. The summed E-state index contributed by atoms with van der Waals surface area (Å²) >= 11 is 12.6. The Kier molecular flexibility index (Phi) is 6.67. The molecule has 0 spiro atoms. The molecule has 11 heteroatoms. The molecule has 4 rings (SSSR count). The van der Waals surface area contributed by atoms with E-state index in [1.54, 1.807) is 47.1 Å². The number of nitrogens with zero attached hydrogens (tertiary/aromatic N) is 5. The number of carbonyl (C=O) groups is 1. The molecule has 0 radical (unpaired) electrons. The summed E-state index contributed by atoms with van der Waals surface area (Å²) in [5.41, 5.74) is 4.08. The number of aryl methyl sites for hydroxylation is 1. The summed E-state index contributed by atoms with van der Waals surface area (Å²) in [7, 11) is 0. The zero-order valence-electron chi connectivity index (χ0n) is 18.3. The molecule has 2 aromatic heterocycles. The van der Waals surface area contributed by atoms with Crippen molar-refractivity contribution in [3.05, 3.63) is 103 Å². The van der Waals surface area contributed by atoms with Crippen molar-refractivity contribution >= 4 is 40.5 Å². The van der Waals surface area contributed by atoms with Crippen LogP contribution >= 0.6 is 23.2 Å². The van der Waals surface area contributed by atoms with Crippen molar-refractivity contribution in [2.75, 3.05) is 5.32 Å². The number of hydrogen-bond acceptors (Lipinski definition) is 5. The number of nitro groups is 1. The molecule has 1 amide bonds. The maximum atomic E-state index is 12.9. The van der Waals surface area contributed by atoms with Gasteiger partial charge in [-0.25, -0.2) is 0 Å². The number of aromatic nitrogens is 4. The molecule has 0 fully saturated rings. The van der Waals surface area contributed by atoms with E-state index in [1.807, 2.05) is 13.8 Å². The fourth-order valence-electron chi connectivity index (χ4n) is 3.53. The highest BCUT2D eigenvalue weighted by molar-refractivity contribution is 6.36. The molecular weight excluding hydrogens is 479 g/mol. The predicted molar refractivity (Wildman–Crippen MR) is 130 cm³/mol. The Balaban J connectivity index is 1.46. The smallest absolute Gasteiger partial charge is 0.307 e. The summed E-state index contributed by atoms with van der Waals surface area (Å²) in [6.45, 7) is 4.42. The third-order valence-electron chi connectivity index (χ3n) is 5.38. The Hall–Kier alpha value is -3.69. The third-order valence-corrected chi connectivity index (χ3v) is 6.09. The first-order valence-corrected chi connectivity index (χ1v) is 11.0. The van der Waals surface area contributed by atoms with Crippen LogP contribution in [0.15, 0.2) is 54.9 Å². The summed E-state index contributed by atoms with van der Waals surface area (Å²) in [6, 6.07) is 12.3. The van der Waals surface area contributed by atoms with Crippen molar-refractivity contribution in [1.82, 2.24) is 19.6 Å². The summed E-state index contributed by atoms with van der Waals surface area (Å²) in [5.74, 6) is -0.275.